The Morgan fingerprint density at radius 3 is 2.71 bits per heavy atom. The predicted octanol–water partition coefficient (Wildman–Crippen LogP) is 4.52. The number of nitrogens with zero attached hydrogens (tertiary/aromatic N) is 2. The fourth-order valence-corrected chi connectivity index (χ4v) is 4.69. The van der Waals surface area contributed by atoms with E-state index in [0.717, 1.165) is 48.1 Å². The Balaban J connectivity index is 1.60. The van der Waals surface area contributed by atoms with Gasteiger partial charge in [0.1, 0.15) is 0 Å². The van der Waals surface area contributed by atoms with Gasteiger partial charge >= 0.3 is 0 Å². The molecule has 0 saturated carbocycles. The number of halogens is 1. The summed E-state index contributed by atoms with van der Waals surface area (Å²) in [4.78, 5) is 20.3. The van der Waals surface area contributed by atoms with Gasteiger partial charge in [-0.25, -0.2) is 4.98 Å². The first-order chi connectivity index (χ1) is 13.7. The van der Waals surface area contributed by atoms with Crippen molar-refractivity contribution >= 4 is 28.4 Å². The van der Waals surface area contributed by atoms with Gasteiger partial charge in [-0.05, 0) is 37.5 Å². The Morgan fingerprint density at radius 1 is 1.04 bits per heavy atom. The monoisotopic (exact) mass is 391 g/mol. The molecule has 4 nitrogen and oxygen atoms in total. The summed E-state index contributed by atoms with van der Waals surface area (Å²) in [6.07, 6.45) is 3.39. The number of para-hydroxylation sites is 1. The Morgan fingerprint density at radius 2 is 1.82 bits per heavy atom. The summed E-state index contributed by atoms with van der Waals surface area (Å²) in [6, 6.07) is 18.4. The van der Waals surface area contributed by atoms with Crippen LogP contribution in [0.4, 0.5) is 0 Å². The molecule has 1 N–H and O–H groups in total. The highest BCUT2D eigenvalue weighted by atomic mass is 35.5. The number of carbonyl (C=O) groups is 1. The van der Waals surface area contributed by atoms with Crippen LogP contribution >= 0.6 is 11.6 Å². The van der Waals surface area contributed by atoms with E-state index in [9.17, 15) is 4.79 Å². The van der Waals surface area contributed by atoms with Crippen molar-refractivity contribution in [1.29, 1.82) is 0 Å². The van der Waals surface area contributed by atoms with Crippen molar-refractivity contribution in [3.05, 3.63) is 65.2 Å². The van der Waals surface area contributed by atoms with E-state index >= 15 is 0 Å². The third-order valence-corrected chi connectivity index (χ3v) is 6.24. The smallest absolute Gasteiger partial charge is 0.254 e. The topological polar surface area (TPSA) is 45.2 Å². The maximum atomic E-state index is 13.5. The number of aromatic nitrogens is 1. The van der Waals surface area contributed by atoms with Crippen LogP contribution in [-0.4, -0.2) is 41.0 Å². The molecule has 2 aromatic carbocycles. The van der Waals surface area contributed by atoms with Gasteiger partial charge in [0.15, 0.2) is 0 Å². The third kappa shape index (κ3) is 3.17. The second-order valence-corrected chi connectivity index (χ2v) is 8.14. The summed E-state index contributed by atoms with van der Waals surface area (Å²) < 4.78 is 0. The van der Waals surface area contributed by atoms with Gasteiger partial charge in [-0.1, -0.05) is 48.0 Å². The maximum absolute atomic E-state index is 13.5. The zero-order chi connectivity index (χ0) is 19.1. The molecule has 2 aliphatic rings. The number of benzene rings is 2. The van der Waals surface area contributed by atoms with E-state index in [1.165, 1.54) is 6.42 Å². The number of hydrogen-bond donors (Lipinski definition) is 1. The molecule has 3 heterocycles. The molecule has 5 heteroatoms. The average Bonchev–Trinajstić information content (AvgIpc) is 3.05. The van der Waals surface area contributed by atoms with Gasteiger partial charge in [0.25, 0.3) is 5.91 Å². The molecule has 0 radical (unpaired) electrons. The quantitative estimate of drug-likeness (QED) is 0.698. The summed E-state index contributed by atoms with van der Waals surface area (Å²) in [7, 11) is 0. The van der Waals surface area contributed by atoms with Crippen LogP contribution in [-0.2, 0) is 0 Å². The standard InChI is InChI=1S/C23H22ClN3O/c24-20-7-3-1-6-18(20)22-13-19(17-5-2-4-8-21(17)26-22)23(28)27-12-11-15-9-10-16(14-27)25-15/h1-8,13,15-16,25H,9-12,14H2. The van der Waals surface area contributed by atoms with Gasteiger partial charge in [0.05, 0.1) is 16.8 Å². The molecule has 1 aromatic heterocycles. The number of rotatable bonds is 2. The summed E-state index contributed by atoms with van der Waals surface area (Å²) in [5.74, 6) is 0.0845. The third-order valence-electron chi connectivity index (χ3n) is 5.91. The van der Waals surface area contributed by atoms with Crippen LogP contribution < -0.4 is 5.32 Å². The Hall–Kier alpha value is -2.43. The molecule has 0 spiro atoms. The van der Waals surface area contributed by atoms with Crippen molar-refractivity contribution in [2.24, 2.45) is 0 Å². The number of nitrogens with one attached hydrogen (secondary N) is 1. The van der Waals surface area contributed by atoms with Crippen LogP contribution in [0.2, 0.25) is 5.02 Å². The molecule has 0 aliphatic carbocycles. The molecule has 2 atom stereocenters. The van der Waals surface area contributed by atoms with Crippen molar-refractivity contribution in [2.75, 3.05) is 13.1 Å². The molecule has 2 bridgehead atoms. The molecule has 142 valence electrons. The second-order valence-electron chi connectivity index (χ2n) is 7.73. The lowest BCUT2D eigenvalue weighted by Crippen LogP contribution is -2.39. The molecular formula is C23H22ClN3O. The fraction of sp³-hybridized carbons (Fsp3) is 0.304. The molecule has 2 unspecified atom stereocenters. The van der Waals surface area contributed by atoms with E-state index in [4.69, 9.17) is 16.6 Å². The highest BCUT2D eigenvalue weighted by Gasteiger charge is 2.32. The first-order valence-electron chi connectivity index (χ1n) is 9.89. The number of amides is 1. The van der Waals surface area contributed by atoms with Crippen molar-refractivity contribution in [2.45, 2.75) is 31.3 Å². The number of pyridine rings is 1. The number of hydrogen-bond acceptors (Lipinski definition) is 3. The SMILES string of the molecule is O=C(c1cc(-c2ccccc2Cl)nc2ccccc12)N1CCC2CCC(C1)N2. The van der Waals surface area contributed by atoms with Gasteiger partial charge < -0.3 is 10.2 Å². The van der Waals surface area contributed by atoms with Crippen LogP contribution in [0.15, 0.2) is 54.6 Å². The minimum atomic E-state index is 0.0845. The van der Waals surface area contributed by atoms with Crippen molar-refractivity contribution in [3.63, 3.8) is 0 Å². The molecule has 2 fully saturated rings. The Bertz CT molecular complexity index is 1050. The van der Waals surface area contributed by atoms with Crippen molar-refractivity contribution in [3.8, 4) is 11.3 Å². The summed E-state index contributed by atoms with van der Waals surface area (Å²) in [5.41, 5.74) is 3.11. The minimum Gasteiger partial charge on any atom is -0.337 e. The Kier molecular flexibility index (Phi) is 4.53. The van der Waals surface area contributed by atoms with Gasteiger partial charge in [0, 0.05) is 41.1 Å². The summed E-state index contributed by atoms with van der Waals surface area (Å²) in [5, 5.41) is 5.18. The van der Waals surface area contributed by atoms with E-state index < -0.39 is 0 Å². The van der Waals surface area contributed by atoms with E-state index in [0.29, 0.717) is 22.7 Å². The summed E-state index contributed by atoms with van der Waals surface area (Å²) in [6.45, 7) is 1.57. The predicted molar refractivity (Wildman–Crippen MR) is 113 cm³/mol. The normalized spacial score (nSPS) is 21.7. The lowest BCUT2D eigenvalue weighted by atomic mass is 10.0. The van der Waals surface area contributed by atoms with Gasteiger partial charge in [-0.15, -0.1) is 0 Å². The van der Waals surface area contributed by atoms with Gasteiger partial charge in [-0.2, -0.15) is 0 Å². The lowest BCUT2D eigenvalue weighted by molar-refractivity contribution is 0.0750. The zero-order valence-electron chi connectivity index (χ0n) is 15.6. The Labute approximate surface area is 169 Å². The van der Waals surface area contributed by atoms with Crippen molar-refractivity contribution in [1.82, 2.24) is 15.2 Å². The fourth-order valence-electron chi connectivity index (χ4n) is 4.46. The molecule has 5 rings (SSSR count). The van der Waals surface area contributed by atoms with Crippen LogP contribution in [0, 0.1) is 0 Å². The lowest BCUT2D eigenvalue weighted by Gasteiger charge is -2.25. The second kappa shape index (κ2) is 7.19. The van der Waals surface area contributed by atoms with Crippen LogP contribution in [0.1, 0.15) is 29.6 Å². The highest BCUT2D eigenvalue weighted by molar-refractivity contribution is 6.33. The van der Waals surface area contributed by atoms with Gasteiger partial charge in [-0.3, -0.25) is 4.79 Å². The van der Waals surface area contributed by atoms with E-state index in [2.05, 4.69) is 5.32 Å². The largest absolute Gasteiger partial charge is 0.337 e. The molecule has 1 amide bonds. The number of carbonyl (C=O) groups excluding carboxylic acids is 1. The molecule has 2 saturated heterocycles. The van der Waals surface area contributed by atoms with Crippen LogP contribution in [0.3, 0.4) is 0 Å². The molecule has 2 aliphatic heterocycles. The number of likely N-dealkylation sites (tertiary alicyclic amines) is 1. The van der Waals surface area contributed by atoms with E-state index in [1.807, 2.05) is 59.5 Å². The molecule has 3 aromatic rings. The summed E-state index contributed by atoms with van der Waals surface area (Å²) >= 11 is 6.41. The van der Waals surface area contributed by atoms with E-state index in [-0.39, 0.29) is 5.91 Å². The van der Waals surface area contributed by atoms with Gasteiger partial charge in [0.2, 0.25) is 0 Å². The molecular weight excluding hydrogens is 370 g/mol. The molecule has 28 heavy (non-hydrogen) atoms. The van der Waals surface area contributed by atoms with E-state index in [1.54, 1.807) is 0 Å². The number of fused-ring (bicyclic) bond motifs is 3. The zero-order valence-corrected chi connectivity index (χ0v) is 16.3. The van der Waals surface area contributed by atoms with Crippen molar-refractivity contribution < 1.29 is 4.79 Å². The first-order valence-corrected chi connectivity index (χ1v) is 10.3. The average molecular weight is 392 g/mol. The van der Waals surface area contributed by atoms with Crippen LogP contribution in [0.5, 0.6) is 0 Å². The minimum absolute atomic E-state index is 0.0845. The maximum Gasteiger partial charge on any atom is 0.254 e. The highest BCUT2D eigenvalue weighted by Crippen LogP contribution is 2.31. The van der Waals surface area contributed by atoms with Crippen LogP contribution in [0.25, 0.3) is 22.2 Å². The first kappa shape index (κ1) is 17.7.